The molecule has 25 heavy (non-hydrogen) atoms. The number of hydrogen-bond acceptors (Lipinski definition) is 5. The van der Waals surface area contributed by atoms with Gasteiger partial charge in [-0.15, -0.1) is 0 Å². The van der Waals surface area contributed by atoms with E-state index in [0.717, 1.165) is 16.8 Å². The summed E-state index contributed by atoms with van der Waals surface area (Å²) < 4.78 is 13.4. The molecule has 8 heteroatoms. The highest BCUT2D eigenvalue weighted by molar-refractivity contribution is 8.26. The average molecular weight is 374 g/mol. The number of phenolic OH excluding ortho intramolecular Hbond substituents is 1. The van der Waals surface area contributed by atoms with Gasteiger partial charge in [0.15, 0.2) is 4.32 Å². The molecule has 5 nitrogen and oxygen atoms in total. The molecule has 2 N–H and O–H groups in total. The molecule has 1 fully saturated rings. The van der Waals surface area contributed by atoms with Gasteiger partial charge in [-0.2, -0.15) is 5.01 Å². The third-order valence-electron chi connectivity index (χ3n) is 3.28. The number of benzene rings is 2. The van der Waals surface area contributed by atoms with Crippen molar-refractivity contribution in [3.63, 3.8) is 0 Å². The van der Waals surface area contributed by atoms with E-state index >= 15 is 0 Å². The molecule has 0 spiro atoms. The smallest absolute Gasteiger partial charge is 0.285 e. The molecular formula is C17H11FN2O3S2. The van der Waals surface area contributed by atoms with Crippen LogP contribution in [0.4, 0.5) is 4.39 Å². The number of nitrogens with one attached hydrogen (secondary N) is 1. The standard InChI is InChI=1S/C17H11FN2O3S2/c18-12-3-1-2-10(8-12)9-14-16(23)20(17(24)25-14)19-15(22)11-4-6-13(21)7-5-11/h1-9,21H,(H,19,22)/b14-9+. The van der Waals surface area contributed by atoms with Gasteiger partial charge in [0.25, 0.3) is 11.8 Å². The number of phenols is 1. The molecule has 1 aliphatic heterocycles. The second-order valence-electron chi connectivity index (χ2n) is 5.06. The number of aromatic hydroxyl groups is 1. The molecule has 0 bridgehead atoms. The Kier molecular flexibility index (Phi) is 4.82. The van der Waals surface area contributed by atoms with Crippen LogP contribution in [0.2, 0.25) is 0 Å². The van der Waals surface area contributed by atoms with Crippen LogP contribution in [0.15, 0.2) is 53.4 Å². The van der Waals surface area contributed by atoms with Crippen LogP contribution < -0.4 is 5.43 Å². The summed E-state index contributed by atoms with van der Waals surface area (Å²) in [6, 6.07) is 11.4. The molecule has 1 aliphatic rings. The Morgan fingerprint density at radius 3 is 2.64 bits per heavy atom. The summed E-state index contributed by atoms with van der Waals surface area (Å²) >= 11 is 6.14. The number of rotatable bonds is 3. The Bertz CT molecular complexity index is 897. The van der Waals surface area contributed by atoms with E-state index in [1.54, 1.807) is 6.07 Å². The van der Waals surface area contributed by atoms with Crippen molar-refractivity contribution in [2.24, 2.45) is 0 Å². The molecule has 2 amide bonds. The minimum atomic E-state index is -0.539. The highest BCUT2D eigenvalue weighted by Gasteiger charge is 2.33. The van der Waals surface area contributed by atoms with Crippen LogP contribution in [0.1, 0.15) is 15.9 Å². The Hall–Kier alpha value is -2.71. The lowest BCUT2D eigenvalue weighted by molar-refractivity contribution is -0.123. The number of thioether (sulfide) groups is 1. The van der Waals surface area contributed by atoms with Crippen LogP contribution >= 0.6 is 24.0 Å². The first-order chi connectivity index (χ1) is 11.9. The molecule has 2 aromatic rings. The fourth-order valence-electron chi connectivity index (χ4n) is 2.09. The van der Waals surface area contributed by atoms with Gasteiger partial charge in [0.05, 0.1) is 4.91 Å². The van der Waals surface area contributed by atoms with Crippen molar-refractivity contribution in [3.05, 3.63) is 70.4 Å². The maximum absolute atomic E-state index is 13.2. The second-order valence-corrected chi connectivity index (χ2v) is 6.74. The van der Waals surface area contributed by atoms with Gasteiger partial charge < -0.3 is 5.11 Å². The van der Waals surface area contributed by atoms with Gasteiger partial charge >= 0.3 is 0 Å². The maximum atomic E-state index is 13.2. The molecule has 3 rings (SSSR count). The molecule has 0 radical (unpaired) electrons. The number of nitrogens with zero attached hydrogens (tertiary/aromatic N) is 1. The van der Waals surface area contributed by atoms with Gasteiger partial charge in [-0.05, 0) is 60.3 Å². The van der Waals surface area contributed by atoms with Crippen LogP contribution in [-0.4, -0.2) is 26.3 Å². The predicted molar refractivity (Wildman–Crippen MR) is 97.0 cm³/mol. The topological polar surface area (TPSA) is 69.6 Å². The number of amides is 2. The quantitative estimate of drug-likeness (QED) is 0.638. The summed E-state index contributed by atoms with van der Waals surface area (Å²) in [7, 11) is 0. The zero-order valence-corrected chi connectivity index (χ0v) is 14.2. The first-order valence-electron chi connectivity index (χ1n) is 7.07. The highest BCUT2D eigenvalue weighted by Crippen LogP contribution is 2.31. The van der Waals surface area contributed by atoms with Gasteiger partial charge in [0.1, 0.15) is 11.6 Å². The number of hydrazine groups is 1. The van der Waals surface area contributed by atoms with Crippen molar-refractivity contribution in [3.8, 4) is 5.75 Å². The Morgan fingerprint density at radius 2 is 1.96 bits per heavy atom. The predicted octanol–water partition coefficient (Wildman–Crippen LogP) is 3.08. The van der Waals surface area contributed by atoms with Gasteiger partial charge in [-0.1, -0.05) is 23.9 Å². The molecule has 1 heterocycles. The number of halogens is 1. The minimum Gasteiger partial charge on any atom is -0.508 e. The van der Waals surface area contributed by atoms with Crippen LogP contribution in [0, 0.1) is 5.82 Å². The van der Waals surface area contributed by atoms with Gasteiger partial charge in [-0.3, -0.25) is 15.0 Å². The van der Waals surface area contributed by atoms with E-state index in [-0.39, 0.29) is 20.5 Å². The Balaban J connectivity index is 1.77. The number of thiocarbonyl (C=S) groups is 1. The molecule has 0 unspecified atom stereocenters. The van der Waals surface area contributed by atoms with Crippen LogP contribution in [-0.2, 0) is 4.79 Å². The molecule has 0 saturated carbocycles. The summed E-state index contributed by atoms with van der Waals surface area (Å²) in [6.45, 7) is 0. The number of hydrogen-bond donors (Lipinski definition) is 2. The molecular weight excluding hydrogens is 363 g/mol. The third kappa shape index (κ3) is 3.86. The average Bonchev–Trinajstić information content (AvgIpc) is 2.83. The lowest BCUT2D eigenvalue weighted by Crippen LogP contribution is -2.44. The molecule has 0 aromatic heterocycles. The lowest BCUT2D eigenvalue weighted by Gasteiger charge is -2.15. The summed E-state index contributed by atoms with van der Waals surface area (Å²) in [6.07, 6.45) is 1.51. The fourth-order valence-corrected chi connectivity index (χ4v) is 3.27. The van der Waals surface area contributed by atoms with Crippen molar-refractivity contribution in [2.75, 3.05) is 0 Å². The van der Waals surface area contributed by atoms with Crippen molar-refractivity contribution in [1.82, 2.24) is 10.4 Å². The normalized spacial score (nSPS) is 15.7. The molecule has 1 saturated heterocycles. The summed E-state index contributed by atoms with van der Waals surface area (Å²) in [5, 5.41) is 10.2. The zero-order valence-electron chi connectivity index (χ0n) is 12.6. The van der Waals surface area contributed by atoms with E-state index in [1.807, 2.05) is 0 Å². The summed E-state index contributed by atoms with van der Waals surface area (Å²) in [4.78, 5) is 24.9. The first-order valence-corrected chi connectivity index (χ1v) is 8.30. The molecule has 0 atom stereocenters. The van der Waals surface area contributed by atoms with Crippen molar-refractivity contribution in [1.29, 1.82) is 0 Å². The third-order valence-corrected chi connectivity index (χ3v) is 4.59. The fraction of sp³-hybridized carbons (Fsp3) is 0. The highest BCUT2D eigenvalue weighted by atomic mass is 32.2. The van der Waals surface area contributed by atoms with Gasteiger partial charge in [0.2, 0.25) is 0 Å². The van der Waals surface area contributed by atoms with Crippen LogP contribution in [0.5, 0.6) is 5.75 Å². The van der Waals surface area contributed by atoms with Gasteiger partial charge in [-0.25, -0.2) is 4.39 Å². The maximum Gasteiger partial charge on any atom is 0.285 e. The first kappa shape index (κ1) is 17.1. The number of carbonyl (C=O) groups is 2. The molecule has 0 aliphatic carbocycles. The van der Waals surface area contributed by atoms with E-state index in [1.165, 1.54) is 48.5 Å². The Labute approximate surface area is 152 Å². The monoisotopic (exact) mass is 374 g/mol. The van der Waals surface area contributed by atoms with E-state index < -0.39 is 17.6 Å². The molecule has 2 aromatic carbocycles. The minimum absolute atomic E-state index is 0.0280. The van der Waals surface area contributed by atoms with E-state index in [0.29, 0.717) is 5.56 Å². The van der Waals surface area contributed by atoms with Crippen LogP contribution in [0.25, 0.3) is 6.08 Å². The zero-order chi connectivity index (χ0) is 18.0. The summed E-state index contributed by atoms with van der Waals surface area (Å²) in [5.74, 6) is -1.42. The van der Waals surface area contributed by atoms with E-state index in [2.05, 4.69) is 5.43 Å². The van der Waals surface area contributed by atoms with Crippen molar-refractivity contribution >= 4 is 46.2 Å². The Morgan fingerprint density at radius 1 is 1.24 bits per heavy atom. The van der Waals surface area contributed by atoms with E-state index in [9.17, 15) is 19.1 Å². The lowest BCUT2D eigenvalue weighted by atomic mass is 10.2. The summed E-state index contributed by atoms with van der Waals surface area (Å²) in [5.41, 5.74) is 3.21. The molecule has 126 valence electrons. The largest absolute Gasteiger partial charge is 0.508 e. The van der Waals surface area contributed by atoms with Gasteiger partial charge in [0, 0.05) is 5.56 Å². The van der Waals surface area contributed by atoms with Crippen molar-refractivity contribution < 1.29 is 19.1 Å². The van der Waals surface area contributed by atoms with E-state index in [4.69, 9.17) is 12.2 Å². The number of carbonyl (C=O) groups excluding carboxylic acids is 2. The SMILES string of the molecule is O=C(NN1C(=O)/C(=C\c2cccc(F)c2)SC1=S)c1ccc(O)cc1. The van der Waals surface area contributed by atoms with Crippen molar-refractivity contribution in [2.45, 2.75) is 0 Å². The van der Waals surface area contributed by atoms with Crippen LogP contribution in [0.3, 0.4) is 0 Å². The second kappa shape index (κ2) is 7.04.